The summed E-state index contributed by atoms with van der Waals surface area (Å²) in [5, 5.41) is 7.33. The molecule has 9 heteroatoms. The van der Waals surface area contributed by atoms with Gasteiger partial charge in [-0.3, -0.25) is 4.79 Å². The molecule has 3 rings (SSSR count). The van der Waals surface area contributed by atoms with Crippen molar-refractivity contribution in [2.45, 2.75) is 37.5 Å². The highest BCUT2D eigenvalue weighted by Crippen LogP contribution is 2.30. The number of nitrogens with zero attached hydrogens (tertiary/aromatic N) is 1. The Labute approximate surface area is 194 Å². The lowest BCUT2D eigenvalue weighted by Gasteiger charge is -2.15. The van der Waals surface area contributed by atoms with E-state index >= 15 is 0 Å². The molecule has 1 heterocycles. The first-order valence-corrected chi connectivity index (χ1v) is 11.1. The lowest BCUT2D eigenvalue weighted by Crippen LogP contribution is -2.30. The second kappa shape index (κ2) is 10.2. The number of aromatic nitrogens is 1. The highest BCUT2D eigenvalue weighted by atomic mass is 35.5. The van der Waals surface area contributed by atoms with E-state index in [0.717, 1.165) is 21.9 Å². The standard InChI is InChI=1S/C22H20Cl2N2O4S/c1-12-17(13(2)30-26-12)11-31-20-7-5-4-6-16(20)22(28)29-14(3)21(27)25-19-10-15(23)8-9-18(19)24/h4-10,14H,11H2,1-3H3,(H,25,27). The number of nitrogens with one attached hydrogen (secondary N) is 1. The first-order valence-electron chi connectivity index (χ1n) is 9.36. The number of carbonyl (C=O) groups excluding carboxylic acids is 2. The Morgan fingerprint density at radius 2 is 1.94 bits per heavy atom. The summed E-state index contributed by atoms with van der Waals surface area (Å²) in [7, 11) is 0. The molecule has 0 fully saturated rings. The molecule has 162 valence electrons. The zero-order valence-electron chi connectivity index (χ0n) is 17.1. The van der Waals surface area contributed by atoms with Crippen LogP contribution in [-0.2, 0) is 15.3 Å². The van der Waals surface area contributed by atoms with Gasteiger partial charge in [-0.25, -0.2) is 4.79 Å². The van der Waals surface area contributed by atoms with E-state index in [9.17, 15) is 9.59 Å². The van der Waals surface area contributed by atoms with Crippen molar-refractivity contribution in [1.82, 2.24) is 5.16 Å². The zero-order valence-corrected chi connectivity index (χ0v) is 19.4. The second-order valence-electron chi connectivity index (χ2n) is 6.75. The summed E-state index contributed by atoms with van der Waals surface area (Å²) >= 11 is 13.5. The van der Waals surface area contributed by atoms with Crippen LogP contribution in [0.15, 0.2) is 51.9 Å². The molecule has 0 bridgehead atoms. The normalized spacial score (nSPS) is 11.8. The molecule has 0 aliphatic carbocycles. The van der Waals surface area contributed by atoms with Gasteiger partial charge in [-0.1, -0.05) is 40.5 Å². The van der Waals surface area contributed by atoms with Crippen LogP contribution in [0.3, 0.4) is 0 Å². The number of aryl methyl sites for hydroxylation is 2. The molecule has 1 unspecified atom stereocenters. The minimum absolute atomic E-state index is 0.331. The molecular weight excluding hydrogens is 459 g/mol. The highest BCUT2D eigenvalue weighted by molar-refractivity contribution is 7.98. The summed E-state index contributed by atoms with van der Waals surface area (Å²) in [6.07, 6.45) is -1.04. The third-order valence-electron chi connectivity index (χ3n) is 4.50. The van der Waals surface area contributed by atoms with Gasteiger partial charge in [-0.15, -0.1) is 11.8 Å². The van der Waals surface area contributed by atoms with Crippen molar-refractivity contribution in [2.75, 3.05) is 5.32 Å². The molecule has 0 radical (unpaired) electrons. The molecule has 3 aromatic rings. The third-order valence-corrected chi connectivity index (χ3v) is 6.16. The van der Waals surface area contributed by atoms with E-state index in [-0.39, 0.29) is 0 Å². The Morgan fingerprint density at radius 3 is 2.65 bits per heavy atom. The van der Waals surface area contributed by atoms with Gasteiger partial charge in [0.05, 0.1) is 22.0 Å². The number of hydrogen-bond donors (Lipinski definition) is 1. The van der Waals surface area contributed by atoms with Crippen LogP contribution >= 0.6 is 35.0 Å². The predicted molar refractivity (Wildman–Crippen MR) is 122 cm³/mol. The summed E-state index contributed by atoms with van der Waals surface area (Å²) in [6.45, 7) is 5.22. The Hall–Kier alpha value is -2.48. The van der Waals surface area contributed by atoms with Crippen molar-refractivity contribution in [3.8, 4) is 0 Å². The van der Waals surface area contributed by atoms with Crippen LogP contribution in [0, 0.1) is 13.8 Å². The van der Waals surface area contributed by atoms with E-state index in [2.05, 4.69) is 10.5 Å². The molecule has 2 aromatic carbocycles. The number of carbonyl (C=O) groups is 2. The van der Waals surface area contributed by atoms with Crippen LogP contribution in [0.2, 0.25) is 10.0 Å². The van der Waals surface area contributed by atoms with Gasteiger partial charge >= 0.3 is 5.97 Å². The second-order valence-corrected chi connectivity index (χ2v) is 8.61. The number of hydrogen-bond acceptors (Lipinski definition) is 6. The van der Waals surface area contributed by atoms with E-state index in [4.69, 9.17) is 32.5 Å². The number of benzene rings is 2. The molecule has 1 N–H and O–H groups in total. The monoisotopic (exact) mass is 478 g/mol. The largest absolute Gasteiger partial charge is 0.449 e. The third kappa shape index (κ3) is 5.81. The average molecular weight is 479 g/mol. The van der Waals surface area contributed by atoms with Gasteiger partial charge in [0.15, 0.2) is 6.10 Å². The molecule has 0 aliphatic heterocycles. The van der Waals surface area contributed by atoms with Gasteiger partial charge in [-0.2, -0.15) is 0 Å². The fourth-order valence-corrected chi connectivity index (χ4v) is 4.25. The minimum Gasteiger partial charge on any atom is -0.449 e. The number of anilines is 1. The molecule has 0 saturated heterocycles. The minimum atomic E-state index is -1.04. The molecule has 31 heavy (non-hydrogen) atoms. The molecule has 0 aliphatic rings. The maximum Gasteiger partial charge on any atom is 0.340 e. The number of amides is 1. The SMILES string of the molecule is Cc1noc(C)c1CSc1ccccc1C(=O)OC(C)C(=O)Nc1cc(Cl)ccc1Cl. The maximum absolute atomic E-state index is 12.8. The Morgan fingerprint density at radius 1 is 1.19 bits per heavy atom. The van der Waals surface area contributed by atoms with E-state index in [1.54, 1.807) is 24.3 Å². The fraction of sp³-hybridized carbons (Fsp3) is 0.227. The van der Waals surface area contributed by atoms with Gasteiger partial charge in [0.2, 0.25) is 0 Å². The van der Waals surface area contributed by atoms with Crippen LogP contribution in [-0.4, -0.2) is 23.1 Å². The summed E-state index contributed by atoms with van der Waals surface area (Å²) in [6, 6.07) is 11.8. The molecule has 0 saturated carbocycles. The van der Waals surface area contributed by atoms with Gasteiger partial charge in [0.1, 0.15) is 5.76 Å². The first kappa shape index (κ1) is 23.2. The lowest BCUT2D eigenvalue weighted by molar-refractivity contribution is -0.123. The zero-order chi connectivity index (χ0) is 22.5. The highest BCUT2D eigenvalue weighted by Gasteiger charge is 2.22. The number of esters is 1. The number of halogens is 2. The number of ether oxygens (including phenoxy) is 1. The molecular formula is C22H20Cl2N2O4S. The Kier molecular flexibility index (Phi) is 7.64. The van der Waals surface area contributed by atoms with Crippen molar-refractivity contribution in [1.29, 1.82) is 0 Å². The predicted octanol–water partition coefficient (Wildman–Crippen LogP) is 6.07. The Bertz CT molecular complexity index is 1100. The molecule has 0 spiro atoms. The van der Waals surface area contributed by atoms with Gasteiger partial charge in [0.25, 0.3) is 5.91 Å². The fourth-order valence-electron chi connectivity index (χ4n) is 2.72. The topological polar surface area (TPSA) is 81.4 Å². The van der Waals surface area contributed by atoms with Gasteiger partial charge in [0, 0.05) is 21.2 Å². The average Bonchev–Trinajstić information content (AvgIpc) is 3.06. The molecule has 1 aromatic heterocycles. The lowest BCUT2D eigenvalue weighted by atomic mass is 10.2. The van der Waals surface area contributed by atoms with Crippen LogP contribution in [0.5, 0.6) is 0 Å². The summed E-state index contributed by atoms with van der Waals surface area (Å²) in [4.78, 5) is 26.0. The first-order chi connectivity index (χ1) is 14.8. The van der Waals surface area contributed by atoms with Crippen LogP contribution in [0.1, 0.15) is 34.3 Å². The molecule has 1 amide bonds. The van der Waals surface area contributed by atoms with E-state index < -0.39 is 18.0 Å². The number of thioether (sulfide) groups is 1. The summed E-state index contributed by atoms with van der Waals surface area (Å²) in [5.41, 5.74) is 2.52. The van der Waals surface area contributed by atoms with E-state index in [1.165, 1.54) is 24.8 Å². The van der Waals surface area contributed by atoms with Crippen LogP contribution in [0.4, 0.5) is 5.69 Å². The summed E-state index contributed by atoms with van der Waals surface area (Å²) in [5.74, 6) is 0.226. The van der Waals surface area contributed by atoms with Crippen molar-refractivity contribution in [2.24, 2.45) is 0 Å². The van der Waals surface area contributed by atoms with Crippen LogP contribution < -0.4 is 5.32 Å². The summed E-state index contributed by atoms with van der Waals surface area (Å²) < 4.78 is 10.6. The molecule has 6 nitrogen and oxygen atoms in total. The van der Waals surface area contributed by atoms with Crippen molar-refractivity contribution < 1.29 is 18.8 Å². The Balaban J connectivity index is 1.67. The van der Waals surface area contributed by atoms with Crippen molar-refractivity contribution >= 4 is 52.5 Å². The smallest absolute Gasteiger partial charge is 0.340 e. The van der Waals surface area contributed by atoms with Gasteiger partial charge in [-0.05, 0) is 51.1 Å². The van der Waals surface area contributed by atoms with E-state index in [0.29, 0.717) is 27.0 Å². The number of rotatable bonds is 7. The van der Waals surface area contributed by atoms with Crippen molar-refractivity contribution in [3.63, 3.8) is 0 Å². The van der Waals surface area contributed by atoms with Gasteiger partial charge < -0.3 is 14.6 Å². The van der Waals surface area contributed by atoms with Crippen LogP contribution in [0.25, 0.3) is 0 Å². The molecule has 1 atom stereocenters. The van der Waals surface area contributed by atoms with Crippen molar-refractivity contribution in [3.05, 3.63) is 75.1 Å². The maximum atomic E-state index is 12.8. The quantitative estimate of drug-likeness (QED) is 0.327. The van der Waals surface area contributed by atoms with E-state index in [1.807, 2.05) is 26.0 Å².